The standard InChI is InChI=1S/C10H24N2O2S/c11-9(1-5-13)3-7-15-8-4-10(12)2-6-14/h9-10,13-14H,1-8,11-12H2. The van der Waals surface area contributed by atoms with Gasteiger partial charge in [-0.1, -0.05) is 0 Å². The van der Waals surface area contributed by atoms with Crippen LogP contribution >= 0.6 is 11.8 Å². The molecule has 0 aromatic rings. The summed E-state index contributed by atoms with van der Waals surface area (Å²) in [5.41, 5.74) is 11.5. The molecule has 5 heteroatoms. The van der Waals surface area contributed by atoms with Crippen molar-refractivity contribution in [1.29, 1.82) is 0 Å². The van der Waals surface area contributed by atoms with Crippen molar-refractivity contribution in [3.05, 3.63) is 0 Å². The van der Waals surface area contributed by atoms with Crippen LogP contribution in [0.3, 0.4) is 0 Å². The van der Waals surface area contributed by atoms with Crippen LogP contribution in [0, 0.1) is 0 Å². The Hall–Kier alpha value is 0.190. The van der Waals surface area contributed by atoms with Crippen LogP contribution < -0.4 is 11.5 Å². The lowest BCUT2D eigenvalue weighted by Gasteiger charge is -2.11. The molecule has 0 aliphatic rings. The second-order valence-corrected chi connectivity index (χ2v) is 4.96. The zero-order valence-corrected chi connectivity index (χ0v) is 10.1. The highest BCUT2D eigenvalue weighted by Crippen LogP contribution is 2.09. The Kier molecular flexibility index (Phi) is 10.8. The van der Waals surface area contributed by atoms with Gasteiger partial charge in [-0.3, -0.25) is 0 Å². The van der Waals surface area contributed by atoms with Gasteiger partial charge in [-0.15, -0.1) is 0 Å². The van der Waals surface area contributed by atoms with Crippen molar-refractivity contribution in [1.82, 2.24) is 0 Å². The molecule has 0 heterocycles. The summed E-state index contributed by atoms with van der Waals surface area (Å²) in [6.45, 7) is 0.348. The van der Waals surface area contributed by atoms with E-state index >= 15 is 0 Å². The Bertz CT molecular complexity index is 125. The summed E-state index contributed by atoms with van der Waals surface area (Å²) in [4.78, 5) is 0. The second kappa shape index (κ2) is 10.7. The first-order valence-electron chi connectivity index (χ1n) is 5.51. The summed E-state index contributed by atoms with van der Waals surface area (Å²) in [6, 6.07) is 0.238. The monoisotopic (exact) mass is 236 g/mol. The van der Waals surface area contributed by atoms with E-state index < -0.39 is 0 Å². The number of aliphatic hydroxyl groups excluding tert-OH is 2. The highest BCUT2D eigenvalue weighted by molar-refractivity contribution is 7.99. The largest absolute Gasteiger partial charge is 0.396 e. The third-order valence-electron chi connectivity index (χ3n) is 2.27. The molecule has 0 aliphatic carbocycles. The Morgan fingerprint density at radius 1 is 0.800 bits per heavy atom. The molecular formula is C10H24N2O2S. The molecule has 0 bridgehead atoms. The van der Waals surface area contributed by atoms with Gasteiger partial charge >= 0.3 is 0 Å². The van der Waals surface area contributed by atoms with Crippen LogP contribution in [0.15, 0.2) is 0 Å². The van der Waals surface area contributed by atoms with Gasteiger partial charge in [0.2, 0.25) is 0 Å². The first-order chi connectivity index (χ1) is 7.20. The van der Waals surface area contributed by atoms with Gasteiger partial charge in [-0.25, -0.2) is 0 Å². The van der Waals surface area contributed by atoms with Crippen LogP contribution in [0.4, 0.5) is 0 Å². The molecule has 15 heavy (non-hydrogen) atoms. The van der Waals surface area contributed by atoms with E-state index in [1.54, 1.807) is 0 Å². The van der Waals surface area contributed by atoms with Crippen LogP contribution in [-0.4, -0.2) is 47.0 Å². The number of hydrogen-bond donors (Lipinski definition) is 4. The molecule has 0 radical (unpaired) electrons. The molecule has 0 aromatic carbocycles. The van der Waals surface area contributed by atoms with E-state index in [1.165, 1.54) is 0 Å². The van der Waals surface area contributed by atoms with Crippen molar-refractivity contribution in [3.63, 3.8) is 0 Å². The van der Waals surface area contributed by atoms with Crippen molar-refractivity contribution in [2.45, 2.75) is 37.8 Å². The summed E-state index contributed by atoms with van der Waals surface area (Å²) >= 11 is 1.84. The van der Waals surface area contributed by atoms with Gasteiger partial charge in [0, 0.05) is 25.3 Å². The average Bonchev–Trinajstić information content (AvgIpc) is 2.18. The van der Waals surface area contributed by atoms with Gasteiger partial charge < -0.3 is 21.7 Å². The van der Waals surface area contributed by atoms with Gasteiger partial charge in [0.15, 0.2) is 0 Å². The number of rotatable bonds is 10. The molecule has 4 nitrogen and oxygen atoms in total. The SMILES string of the molecule is NC(CCO)CCSCCC(N)CCO. The fourth-order valence-electron chi connectivity index (χ4n) is 1.19. The minimum Gasteiger partial charge on any atom is -0.396 e. The Morgan fingerprint density at radius 2 is 1.20 bits per heavy atom. The van der Waals surface area contributed by atoms with Crippen molar-refractivity contribution in [2.75, 3.05) is 24.7 Å². The Morgan fingerprint density at radius 3 is 1.53 bits per heavy atom. The summed E-state index contributed by atoms with van der Waals surface area (Å²) in [7, 11) is 0. The lowest BCUT2D eigenvalue weighted by atomic mass is 10.2. The molecule has 0 rings (SSSR count). The van der Waals surface area contributed by atoms with Crippen molar-refractivity contribution in [3.8, 4) is 0 Å². The van der Waals surface area contributed by atoms with E-state index in [2.05, 4.69) is 0 Å². The van der Waals surface area contributed by atoms with Crippen LogP contribution in [-0.2, 0) is 0 Å². The second-order valence-electron chi connectivity index (χ2n) is 3.73. The number of thioether (sulfide) groups is 1. The molecule has 0 amide bonds. The molecule has 0 fully saturated rings. The molecule has 2 atom stereocenters. The van der Waals surface area contributed by atoms with Crippen LogP contribution in [0.5, 0.6) is 0 Å². The smallest absolute Gasteiger partial charge is 0.0445 e. The molecule has 0 spiro atoms. The van der Waals surface area contributed by atoms with E-state index in [1.807, 2.05) is 11.8 Å². The normalized spacial score (nSPS) is 15.2. The van der Waals surface area contributed by atoms with Gasteiger partial charge in [0.05, 0.1) is 0 Å². The van der Waals surface area contributed by atoms with Gasteiger partial charge in [-0.2, -0.15) is 11.8 Å². The number of nitrogens with two attached hydrogens (primary N) is 2. The average molecular weight is 236 g/mol. The highest BCUT2D eigenvalue weighted by Gasteiger charge is 2.03. The van der Waals surface area contributed by atoms with E-state index in [4.69, 9.17) is 21.7 Å². The predicted octanol–water partition coefficient (Wildman–Crippen LogP) is -0.0808. The van der Waals surface area contributed by atoms with Crippen LogP contribution in [0.2, 0.25) is 0 Å². The number of aliphatic hydroxyl groups is 2. The topological polar surface area (TPSA) is 92.5 Å². The molecule has 0 saturated heterocycles. The molecule has 92 valence electrons. The quantitative estimate of drug-likeness (QED) is 0.398. The molecule has 6 N–H and O–H groups in total. The summed E-state index contributed by atoms with van der Waals surface area (Å²) in [5.74, 6) is 2.04. The molecule has 0 saturated carbocycles. The fourth-order valence-corrected chi connectivity index (χ4v) is 2.33. The lowest BCUT2D eigenvalue weighted by molar-refractivity contribution is 0.274. The lowest BCUT2D eigenvalue weighted by Crippen LogP contribution is -2.23. The zero-order valence-electron chi connectivity index (χ0n) is 9.27. The molecule has 0 aliphatic heterocycles. The van der Waals surface area contributed by atoms with Gasteiger partial charge in [-0.05, 0) is 37.2 Å². The third kappa shape index (κ3) is 10.5. The molecular weight excluding hydrogens is 212 g/mol. The number of hydrogen-bond acceptors (Lipinski definition) is 5. The van der Waals surface area contributed by atoms with E-state index in [9.17, 15) is 0 Å². The fraction of sp³-hybridized carbons (Fsp3) is 1.00. The van der Waals surface area contributed by atoms with E-state index in [0.29, 0.717) is 12.8 Å². The van der Waals surface area contributed by atoms with Crippen molar-refractivity contribution >= 4 is 11.8 Å². The first-order valence-corrected chi connectivity index (χ1v) is 6.66. The minimum atomic E-state index is 0.119. The van der Waals surface area contributed by atoms with Crippen LogP contribution in [0.25, 0.3) is 0 Å². The van der Waals surface area contributed by atoms with Crippen molar-refractivity contribution < 1.29 is 10.2 Å². The maximum absolute atomic E-state index is 8.64. The van der Waals surface area contributed by atoms with E-state index in [-0.39, 0.29) is 25.3 Å². The Balaban J connectivity index is 3.17. The summed E-state index contributed by atoms with van der Waals surface area (Å²) < 4.78 is 0. The van der Waals surface area contributed by atoms with Crippen LogP contribution in [0.1, 0.15) is 25.7 Å². The predicted molar refractivity (Wildman–Crippen MR) is 65.9 cm³/mol. The van der Waals surface area contributed by atoms with Crippen molar-refractivity contribution in [2.24, 2.45) is 11.5 Å². The minimum absolute atomic E-state index is 0.119. The molecule has 2 unspecified atom stereocenters. The maximum atomic E-state index is 8.64. The molecule has 0 aromatic heterocycles. The summed E-state index contributed by atoms with van der Waals surface area (Å²) in [5, 5.41) is 17.3. The van der Waals surface area contributed by atoms with Gasteiger partial charge in [0.25, 0.3) is 0 Å². The highest BCUT2D eigenvalue weighted by atomic mass is 32.2. The van der Waals surface area contributed by atoms with Gasteiger partial charge in [0.1, 0.15) is 0 Å². The maximum Gasteiger partial charge on any atom is 0.0445 e. The van der Waals surface area contributed by atoms with E-state index in [0.717, 1.165) is 24.3 Å². The summed E-state index contributed by atoms with van der Waals surface area (Å²) in [6.07, 6.45) is 3.26. The zero-order chi connectivity index (χ0) is 11.5. The first kappa shape index (κ1) is 15.2. The Labute approximate surface area is 96.4 Å². The third-order valence-corrected chi connectivity index (χ3v) is 3.31.